The molecule has 1 aliphatic heterocycles. The van der Waals surface area contributed by atoms with Crippen molar-refractivity contribution < 1.29 is 9.59 Å². The quantitative estimate of drug-likeness (QED) is 0.631. The van der Waals surface area contributed by atoms with Gasteiger partial charge >= 0.3 is 0 Å². The smallest absolute Gasteiger partial charge is 0.257 e. The van der Waals surface area contributed by atoms with Crippen LogP contribution in [0.4, 0.5) is 0 Å². The van der Waals surface area contributed by atoms with Gasteiger partial charge in [0.25, 0.3) is 5.91 Å². The third-order valence-electron chi connectivity index (χ3n) is 4.57. The van der Waals surface area contributed by atoms with Crippen molar-refractivity contribution in [2.75, 3.05) is 19.6 Å². The maximum absolute atomic E-state index is 12.4. The fourth-order valence-electron chi connectivity index (χ4n) is 3.08. The molecule has 2 heterocycles. The number of rotatable bonds is 4. The Morgan fingerprint density at radius 3 is 2.81 bits per heavy atom. The number of para-hydroxylation sites is 1. The van der Waals surface area contributed by atoms with Crippen LogP contribution in [-0.2, 0) is 4.79 Å². The van der Waals surface area contributed by atoms with E-state index in [0.29, 0.717) is 16.8 Å². The third kappa shape index (κ3) is 4.42. The van der Waals surface area contributed by atoms with E-state index in [1.165, 1.54) is 6.20 Å². The molecule has 140 valence electrons. The van der Waals surface area contributed by atoms with E-state index in [-0.39, 0.29) is 41.9 Å². The molecule has 2 aromatic rings. The lowest BCUT2D eigenvalue weighted by molar-refractivity contribution is -0.121. The monoisotopic (exact) mass is 378 g/mol. The van der Waals surface area contributed by atoms with E-state index in [4.69, 9.17) is 0 Å². The van der Waals surface area contributed by atoms with Gasteiger partial charge in [0.1, 0.15) is 5.56 Å². The van der Waals surface area contributed by atoms with Gasteiger partial charge in [-0.1, -0.05) is 19.1 Å². The van der Waals surface area contributed by atoms with Gasteiger partial charge in [-0.2, -0.15) is 0 Å². The van der Waals surface area contributed by atoms with Gasteiger partial charge in [0.15, 0.2) is 0 Å². The number of benzene rings is 1. The lowest BCUT2D eigenvalue weighted by atomic mass is 9.95. The van der Waals surface area contributed by atoms with Crippen molar-refractivity contribution in [3.05, 3.63) is 46.2 Å². The highest BCUT2D eigenvalue weighted by Crippen LogP contribution is 2.10. The van der Waals surface area contributed by atoms with Crippen molar-refractivity contribution in [3.8, 4) is 0 Å². The Hall–Kier alpha value is -2.38. The third-order valence-corrected chi connectivity index (χ3v) is 4.57. The second-order valence-electron chi connectivity index (χ2n) is 6.40. The summed E-state index contributed by atoms with van der Waals surface area (Å²) in [4.78, 5) is 39.6. The molecular formula is C18H23ClN4O3. The molecule has 0 radical (unpaired) electrons. The standard InChI is InChI=1S/C18H22N4O3.ClH/c1-11-8-19-7-6-14(11)22-16(23)10-21-18(25)13-9-20-15-5-3-2-4-12(15)17(13)24;/h2-5,9,11,14,19H,6-8,10H2,1H3,(H,20,24)(H,21,25)(H,22,23);1H. The number of hydrogen-bond acceptors (Lipinski definition) is 4. The van der Waals surface area contributed by atoms with Gasteiger partial charge in [0, 0.05) is 23.1 Å². The first kappa shape index (κ1) is 19.9. The molecule has 0 spiro atoms. The molecule has 1 saturated heterocycles. The number of aromatic nitrogens is 1. The normalized spacial score (nSPS) is 19.4. The average molecular weight is 379 g/mol. The lowest BCUT2D eigenvalue weighted by Crippen LogP contribution is -2.50. The molecule has 1 fully saturated rings. The maximum atomic E-state index is 12.4. The lowest BCUT2D eigenvalue weighted by Gasteiger charge is -2.30. The zero-order chi connectivity index (χ0) is 17.8. The fraction of sp³-hybridized carbons (Fsp3) is 0.389. The maximum Gasteiger partial charge on any atom is 0.257 e. The predicted octanol–water partition coefficient (Wildman–Crippen LogP) is 0.794. The topological polar surface area (TPSA) is 103 Å². The van der Waals surface area contributed by atoms with Crippen molar-refractivity contribution in [3.63, 3.8) is 0 Å². The van der Waals surface area contributed by atoms with Gasteiger partial charge in [-0.25, -0.2) is 0 Å². The molecule has 1 aliphatic rings. The fourth-order valence-corrected chi connectivity index (χ4v) is 3.08. The van der Waals surface area contributed by atoms with Crippen LogP contribution in [0.15, 0.2) is 35.3 Å². The van der Waals surface area contributed by atoms with Crippen LogP contribution in [-0.4, -0.2) is 42.5 Å². The number of H-pyrrole nitrogens is 1. The van der Waals surface area contributed by atoms with Gasteiger partial charge in [-0.3, -0.25) is 14.4 Å². The van der Waals surface area contributed by atoms with Crippen LogP contribution in [0.25, 0.3) is 10.9 Å². The number of fused-ring (bicyclic) bond motifs is 1. The second-order valence-corrected chi connectivity index (χ2v) is 6.40. The molecule has 26 heavy (non-hydrogen) atoms. The minimum atomic E-state index is -0.555. The number of carbonyl (C=O) groups excluding carboxylic acids is 2. The molecule has 0 aliphatic carbocycles. The molecule has 3 rings (SSSR count). The van der Waals surface area contributed by atoms with E-state index in [1.807, 2.05) is 6.07 Å². The van der Waals surface area contributed by atoms with Gasteiger partial charge in [0.2, 0.25) is 11.3 Å². The van der Waals surface area contributed by atoms with Crippen LogP contribution >= 0.6 is 12.4 Å². The summed E-state index contributed by atoms with van der Waals surface area (Å²) < 4.78 is 0. The summed E-state index contributed by atoms with van der Waals surface area (Å²) in [7, 11) is 0. The van der Waals surface area contributed by atoms with E-state index < -0.39 is 5.91 Å². The highest BCUT2D eigenvalue weighted by Gasteiger charge is 2.22. The number of pyridine rings is 1. The van der Waals surface area contributed by atoms with E-state index in [2.05, 4.69) is 27.9 Å². The molecular weight excluding hydrogens is 356 g/mol. The van der Waals surface area contributed by atoms with Crippen LogP contribution < -0.4 is 21.4 Å². The minimum absolute atomic E-state index is 0. The molecule has 1 aromatic heterocycles. The molecule has 0 bridgehead atoms. The molecule has 2 unspecified atom stereocenters. The highest BCUT2D eigenvalue weighted by molar-refractivity contribution is 5.98. The van der Waals surface area contributed by atoms with Crippen LogP contribution in [0.1, 0.15) is 23.7 Å². The molecule has 2 amide bonds. The Labute approximate surface area is 157 Å². The Balaban J connectivity index is 0.00000243. The molecule has 0 saturated carbocycles. The average Bonchev–Trinajstić information content (AvgIpc) is 2.62. The molecule has 7 nitrogen and oxygen atoms in total. The molecule has 8 heteroatoms. The number of piperidine rings is 1. The summed E-state index contributed by atoms with van der Waals surface area (Å²) in [5.41, 5.74) is 0.322. The predicted molar refractivity (Wildman–Crippen MR) is 103 cm³/mol. The van der Waals surface area contributed by atoms with Crippen molar-refractivity contribution in [1.82, 2.24) is 20.9 Å². The minimum Gasteiger partial charge on any atom is -0.360 e. The first-order valence-corrected chi connectivity index (χ1v) is 8.45. The summed E-state index contributed by atoms with van der Waals surface area (Å²) in [5.74, 6) is -0.457. The van der Waals surface area contributed by atoms with Crippen LogP contribution in [0.2, 0.25) is 0 Å². The van der Waals surface area contributed by atoms with Crippen molar-refractivity contribution in [1.29, 1.82) is 0 Å². The number of halogens is 1. The SMILES string of the molecule is CC1CNCCC1NC(=O)CNC(=O)c1c[nH]c2ccccc2c1=O.Cl. The number of amides is 2. The highest BCUT2D eigenvalue weighted by atomic mass is 35.5. The first-order valence-electron chi connectivity index (χ1n) is 8.45. The van der Waals surface area contributed by atoms with E-state index in [0.717, 1.165) is 19.5 Å². The Morgan fingerprint density at radius 1 is 1.27 bits per heavy atom. The molecule has 4 N–H and O–H groups in total. The summed E-state index contributed by atoms with van der Waals surface area (Å²) in [6.07, 6.45) is 2.25. The molecule has 2 atom stereocenters. The summed E-state index contributed by atoms with van der Waals surface area (Å²) >= 11 is 0. The van der Waals surface area contributed by atoms with Gasteiger partial charge in [0.05, 0.1) is 6.54 Å². The Morgan fingerprint density at radius 2 is 2.04 bits per heavy atom. The van der Waals surface area contributed by atoms with E-state index >= 15 is 0 Å². The number of aromatic amines is 1. The summed E-state index contributed by atoms with van der Waals surface area (Å²) in [5, 5.41) is 9.18. The largest absolute Gasteiger partial charge is 0.360 e. The zero-order valence-corrected chi connectivity index (χ0v) is 15.3. The van der Waals surface area contributed by atoms with Gasteiger partial charge < -0.3 is 20.9 Å². The van der Waals surface area contributed by atoms with Crippen molar-refractivity contribution in [2.24, 2.45) is 5.92 Å². The number of carbonyl (C=O) groups is 2. The van der Waals surface area contributed by atoms with Crippen molar-refractivity contribution in [2.45, 2.75) is 19.4 Å². The number of nitrogens with one attached hydrogen (secondary N) is 4. The summed E-state index contributed by atoms with van der Waals surface area (Å²) in [6, 6.07) is 7.09. The zero-order valence-electron chi connectivity index (χ0n) is 14.5. The van der Waals surface area contributed by atoms with Crippen LogP contribution in [0.3, 0.4) is 0 Å². The van der Waals surface area contributed by atoms with Crippen LogP contribution in [0, 0.1) is 5.92 Å². The van der Waals surface area contributed by atoms with E-state index in [1.54, 1.807) is 18.2 Å². The van der Waals surface area contributed by atoms with Crippen LogP contribution in [0.5, 0.6) is 0 Å². The van der Waals surface area contributed by atoms with Gasteiger partial charge in [-0.15, -0.1) is 12.4 Å². The van der Waals surface area contributed by atoms with Gasteiger partial charge in [-0.05, 0) is 37.6 Å². The first-order chi connectivity index (χ1) is 12.1. The second kappa shape index (κ2) is 8.82. The summed E-state index contributed by atoms with van der Waals surface area (Å²) in [6.45, 7) is 3.66. The number of hydrogen-bond donors (Lipinski definition) is 4. The Kier molecular flexibility index (Phi) is 6.76. The Bertz CT molecular complexity index is 852. The van der Waals surface area contributed by atoms with E-state index in [9.17, 15) is 14.4 Å². The molecule has 1 aromatic carbocycles. The van der Waals surface area contributed by atoms with Crippen molar-refractivity contribution >= 4 is 35.1 Å².